The Labute approximate surface area is 135 Å². The van der Waals surface area contributed by atoms with Gasteiger partial charge in [0, 0.05) is 49.2 Å². The number of fused-ring (bicyclic) bond motifs is 1. The van der Waals surface area contributed by atoms with Crippen molar-refractivity contribution in [2.24, 2.45) is 13.0 Å². The third-order valence-electron chi connectivity index (χ3n) is 4.72. The number of nitrogens with zero attached hydrogens (tertiary/aromatic N) is 2. The SMILES string of the molecule is COC(=O)CC1CCN(C(=O)c2ccc3c(ccn3C)c2)CC1. The Kier molecular flexibility index (Phi) is 4.37. The van der Waals surface area contributed by atoms with E-state index in [0.29, 0.717) is 25.4 Å². The first-order valence-electron chi connectivity index (χ1n) is 7.99. The van der Waals surface area contributed by atoms with E-state index in [4.69, 9.17) is 4.74 Å². The highest BCUT2D eigenvalue weighted by molar-refractivity contribution is 5.98. The first-order chi connectivity index (χ1) is 11.1. The van der Waals surface area contributed by atoms with Gasteiger partial charge in [-0.25, -0.2) is 0 Å². The van der Waals surface area contributed by atoms with Crippen molar-refractivity contribution in [3.05, 3.63) is 36.0 Å². The maximum Gasteiger partial charge on any atom is 0.305 e. The van der Waals surface area contributed by atoms with Gasteiger partial charge in [-0.15, -0.1) is 0 Å². The van der Waals surface area contributed by atoms with Crippen LogP contribution < -0.4 is 0 Å². The molecule has 0 atom stereocenters. The highest BCUT2D eigenvalue weighted by Crippen LogP contribution is 2.23. The summed E-state index contributed by atoms with van der Waals surface area (Å²) in [5, 5.41) is 1.08. The number of carbonyl (C=O) groups excluding carboxylic acids is 2. The van der Waals surface area contributed by atoms with Gasteiger partial charge in [-0.1, -0.05) is 0 Å². The van der Waals surface area contributed by atoms with Gasteiger partial charge in [0.25, 0.3) is 5.91 Å². The average Bonchev–Trinajstić information content (AvgIpc) is 2.95. The summed E-state index contributed by atoms with van der Waals surface area (Å²) < 4.78 is 6.76. The van der Waals surface area contributed by atoms with Crippen LogP contribution in [-0.2, 0) is 16.6 Å². The standard InChI is InChI=1S/C18H22N2O3/c1-19-8-7-14-12-15(3-4-16(14)19)18(22)20-9-5-13(6-10-20)11-17(21)23-2/h3-4,7-8,12-13H,5-6,9-11H2,1-2H3. The fourth-order valence-electron chi connectivity index (χ4n) is 3.26. The zero-order chi connectivity index (χ0) is 16.4. The molecule has 1 aromatic carbocycles. The van der Waals surface area contributed by atoms with Crippen LogP contribution in [0.15, 0.2) is 30.5 Å². The van der Waals surface area contributed by atoms with Crippen molar-refractivity contribution in [1.29, 1.82) is 0 Å². The van der Waals surface area contributed by atoms with Gasteiger partial charge in [0.2, 0.25) is 0 Å². The lowest BCUT2D eigenvalue weighted by Crippen LogP contribution is -2.38. The number of likely N-dealkylation sites (tertiary alicyclic amines) is 1. The average molecular weight is 314 g/mol. The molecule has 5 heteroatoms. The molecule has 122 valence electrons. The molecule has 0 saturated carbocycles. The van der Waals surface area contributed by atoms with E-state index >= 15 is 0 Å². The van der Waals surface area contributed by atoms with Gasteiger partial charge in [0.15, 0.2) is 0 Å². The number of ether oxygens (including phenoxy) is 1. The maximum absolute atomic E-state index is 12.7. The monoisotopic (exact) mass is 314 g/mol. The van der Waals surface area contributed by atoms with Gasteiger partial charge in [0.1, 0.15) is 0 Å². The molecule has 0 spiro atoms. The number of rotatable bonds is 3. The molecule has 0 N–H and O–H groups in total. The van der Waals surface area contributed by atoms with E-state index in [-0.39, 0.29) is 11.9 Å². The molecule has 0 radical (unpaired) electrons. The largest absolute Gasteiger partial charge is 0.469 e. The molecule has 0 unspecified atom stereocenters. The molecule has 1 saturated heterocycles. The van der Waals surface area contributed by atoms with Gasteiger partial charge in [0.05, 0.1) is 7.11 Å². The lowest BCUT2D eigenvalue weighted by Gasteiger charge is -2.31. The van der Waals surface area contributed by atoms with E-state index in [9.17, 15) is 9.59 Å². The Balaban J connectivity index is 1.65. The van der Waals surface area contributed by atoms with E-state index in [1.165, 1.54) is 7.11 Å². The van der Waals surface area contributed by atoms with Crippen LogP contribution in [0.4, 0.5) is 0 Å². The summed E-state index contributed by atoms with van der Waals surface area (Å²) in [5.41, 5.74) is 1.86. The fourth-order valence-corrected chi connectivity index (χ4v) is 3.26. The summed E-state index contributed by atoms with van der Waals surface area (Å²) in [6.45, 7) is 1.40. The molecule has 0 aliphatic carbocycles. The highest BCUT2D eigenvalue weighted by Gasteiger charge is 2.25. The Morgan fingerprint density at radius 2 is 1.96 bits per heavy atom. The predicted octanol–water partition coefficient (Wildman–Crippen LogP) is 2.59. The minimum absolute atomic E-state index is 0.0762. The molecule has 1 aromatic heterocycles. The Bertz CT molecular complexity index is 727. The molecule has 1 amide bonds. The van der Waals surface area contributed by atoms with Gasteiger partial charge < -0.3 is 14.2 Å². The maximum atomic E-state index is 12.7. The number of benzene rings is 1. The number of hydrogen-bond acceptors (Lipinski definition) is 3. The molecule has 0 bridgehead atoms. The molecule has 3 rings (SSSR count). The zero-order valence-corrected chi connectivity index (χ0v) is 13.6. The van der Waals surface area contributed by atoms with Crippen LogP contribution in [0.1, 0.15) is 29.6 Å². The van der Waals surface area contributed by atoms with E-state index in [0.717, 1.165) is 29.3 Å². The van der Waals surface area contributed by atoms with E-state index in [1.807, 2.05) is 47.0 Å². The molecule has 1 fully saturated rings. The number of methoxy groups -OCH3 is 1. The lowest BCUT2D eigenvalue weighted by molar-refractivity contribution is -0.142. The molecule has 2 heterocycles. The van der Waals surface area contributed by atoms with Crippen LogP contribution in [0.3, 0.4) is 0 Å². The Morgan fingerprint density at radius 1 is 1.22 bits per heavy atom. The summed E-state index contributed by atoms with van der Waals surface area (Å²) in [5.74, 6) is 0.236. The van der Waals surface area contributed by atoms with Crippen molar-refractivity contribution >= 4 is 22.8 Å². The van der Waals surface area contributed by atoms with Crippen molar-refractivity contribution in [2.45, 2.75) is 19.3 Å². The van der Waals surface area contributed by atoms with Crippen molar-refractivity contribution < 1.29 is 14.3 Å². The minimum Gasteiger partial charge on any atom is -0.469 e. The molecule has 1 aliphatic heterocycles. The summed E-state index contributed by atoms with van der Waals surface area (Å²) >= 11 is 0. The van der Waals surface area contributed by atoms with Gasteiger partial charge in [-0.2, -0.15) is 0 Å². The van der Waals surface area contributed by atoms with E-state index in [1.54, 1.807) is 0 Å². The molecule has 2 aromatic rings. The lowest BCUT2D eigenvalue weighted by atomic mass is 9.93. The molecular weight excluding hydrogens is 292 g/mol. The number of piperidine rings is 1. The molecular formula is C18H22N2O3. The summed E-state index contributed by atoms with van der Waals surface area (Å²) in [4.78, 5) is 25.9. The second kappa shape index (κ2) is 6.44. The second-order valence-corrected chi connectivity index (χ2v) is 6.22. The van der Waals surface area contributed by atoms with Crippen LogP contribution in [0.25, 0.3) is 10.9 Å². The van der Waals surface area contributed by atoms with Crippen molar-refractivity contribution in [2.75, 3.05) is 20.2 Å². The van der Waals surface area contributed by atoms with Crippen molar-refractivity contribution in [3.8, 4) is 0 Å². The minimum atomic E-state index is -0.163. The zero-order valence-electron chi connectivity index (χ0n) is 13.6. The first kappa shape index (κ1) is 15.6. The summed E-state index contributed by atoms with van der Waals surface area (Å²) in [6.07, 6.45) is 4.16. The molecule has 1 aliphatic rings. The van der Waals surface area contributed by atoms with E-state index in [2.05, 4.69) is 0 Å². The number of aryl methyl sites for hydroxylation is 1. The Hall–Kier alpha value is -2.30. The van der Waals surface area contributed by atoms with Gasteiger partial charge in [-0.05, 0) is 43.0 Å². The number of hydrogen-bond donors (Lipinski definition) is 0. The third kappa shape index (κ3) is 3.23. The van der Waals surface area contributed by atoms with Gasteiger partial charge in [-0.3, -0.25) is 9.59 Å². The Morgan fingerprint density at radius 3 is 2.65 bits per heavy atom. The number of esters is 1. The van der Waals surface area contributed by atoms with Crippen molar-refractivity contribution in [1.82, 2.24) is 9.47 Å². The second-order valence-electron chi connectivity index (χ2n) is 6.22. The van der Waals surface area contributed by atoms with Crippen molar-refractivity contribution in [3.63, 3.8) is 0 Å². The first-order valence-corrected chi connectivity index (χ1v) is 7.99. The summed E-state index contributed by atoms with van der Waals surface area (Å²) in [7, 11) is 3.41. The topological polar surface area (TPSA) is 51.5 Å². The number of carbonyl (C=O) groups is 2. The van der Waals surface area contributed by atoms with Crippen LogP contribution in [0.2, 0.25) is 0 Å². The third-order valence-corrected chi connectivity index (χ3v) is 4.72. The summed E-state index contributed by atoms with van der Waals surface area (Å²) in [6, 6.07) is 7.87. The predicted molar refractivity (Wildman–Crippen MR) is 88.2 cm³/mol. The highest BCUT2D eigenvalue weighted by atomic mass is 16.5. The van der Waals surface area contributed by atoms with Crippen LogP contribution in [-0.4, -0.2) is 41.5 Å². The molecule has 23 heavy (non-hydrogen) atoms. The van der Waals surface area contributed by atoms with Crippen LogP contribution in [0, 0.1) is 5.92 Å². The molecule has 5 nitrogen and oxygen atoms in total. The normalized spacial score (nSPS) is 15.8. The quantitative estimate of drug-likeness (QED) is 0.818. The number of aromatic nitrogens is 1. The fraction of sp³-hybridized carbons (Fsp3) is 0.444. The smallest absolute Gasteiger partial charge is 0.305 e. The number of amides is 1. The van der Waals surface area contributed by atoms with Crippen LogP contribution >= 0.6 is 0 Å². The van der Waals surface area contributed by atoms with E-state index < -0.39 is 0 Å². The van der Waals surface area contributed by atoms with Gasteiger partial charge >= 0.3 is 5.97 Å². The van der Waals surface area contributed by atoms with Crippen LogP contribution in [0.5, 0.6) is 0 Å².